The van der Waals surface area contributed by atoms with Crippen molar-refractivity contribution in [3.8, 4) is 0 Å². The van der Waals surface area contributed by atoms with E-state index in [1.165, 1.54) is 238 Å². The standard InChI is InChI=1S/C63H118O6/c1-4-7-10-13-16-19-22-24-26-28-30-31-33-34-36-38-41-44-47-50-53-56-62(65)68-59-60(58-67-61(64)55-52-49-46-43-40-21-18-15-12-9-6-3)69-63(66)57-54-51-48-45-42-39-37-35-32-29-27-25-23-20-17-14-11-8-5-2/h15,18,25,27,60H,4-14,16-17,19-24,26,28-59H2,1-3H3/b18-15-,27-25-. The zero-order valence-electron chi connectivity index (χ0n) is 46.6. The average molecular weight is 972 g/mol. The maximum Gasteiger partial charge on any atom is 0.306 e. The molecule has 6 nitrogen and oxygen atoms in total. The molecule has 0 spiro atoms. The SMILES string of the molecule is CCCC/C=C\CCCCCCCC(=O)OCC(COC(=O)CCCCCCCCCCCCCCCCCCCCCCC)OC(=O)CCCCCCCCCCC/C=C\CCCCCCCC. The predicted octanol–water partition coefficient (Wildman–Crippen LogP) is 20.7. The van der Waals surface area contributed by atoms with Crippen LogP contribution < -0.4 is 0 Å². The number of unbranched alkanes of at least 4 members (excludes halogenated alkanes) is 42. The van der Waals surface area contributed by atoms with Gasteiger partial charge in [-0.3, -0.25) is 14.4 Å². The van der Waals surface area contributed by atoms with Gasteiger partial charge in [0.2, 0.25) is 0 Å². The molecule has 0 aromatic carbocycles. The van der Waals surface area contributed by atoms with E-state index < -0.39 is 6.10 Å². The van der Waals surface area contributed by atoms with Crippen LogP contribution in [-0.2, 0) is 28.6 Å². The summed E-state index contributed by atoms with van der Waals surface area (Å²) in [4.78, 5) is 38.2. The molecular formula is C63H118O6. The largest absolute Gasteiger partial charge is 0.462 e. The minimum atomic E-state index is -0.772. The Morgan fingerprint density at radius 2 is 0.493 bits per heavy atom. The molecule has 0 heterocycles. The second kappa shape index (κ2) is 58.5. The molecule has 0 saturated carbocycles. The molecule has 0 saturated heterocycles. The van der Waals surface area contributed by atoms with Crippen LogP contribution in [0.15, 0.2) is 24.3 Å². The number of esters is 3. The molecule has 1 unspecified atom stereocenters. The molecule has 0 N–H and O–H groups in total. The highest BCUT2D eigenvalue weighted by Crippen LogP contribution is 2.17. The molecule has 0 fully saturated rings. The highest BCUT2D eigenvalue weighted by molar-refractivity contribution is 5.71. The third-order valence-electron chi connectivity index (χ3n) is 13.9. The highest BCUT2D eigenvalue weighted by Gasteiger charge is 2.19. The Morgan fingerprint density at radius 3 is 0.768 bits per heavy atom. The van der Waals surface area contributed by atoms with Crippen molar-refractivity contribution in [2.75, 3.05) is 13.2 Å². The third kappa shape index (κ3) is 56.7. The first-order chi connectivity index (χ1) is 34.0. The van der Waals surface area contributed by atoms with Crippen molar-refractivity contribution >= 4 is 17.9 Å². The van der Waals surface area contributed by atoms with Crippen LogP contribution in [0.25, 0.3) is 0 Å². The van der Waals surface area contributed by atoms with Crippen molar-refractivity contribution in [3.63, 3.8) is 0 Å². The molecule has 0 amide bonds. The lowest BCUT2D eigenvalue weighted by Crippen LogP contribution is -2.30. The summed E-state index contributed by atoms with van der Waals surface area (Å²) in [6.07, 6.45) is 69.0. The van der Waals surface area contributed by atoms with Crippen molar-refractivity contribution in [3.05, 3.63) is 24.3 Å². The van der Waals surface area contributed by atoms with Crippen molar-refractivity contribution in [1.82, 2.24) is 0 Å². The molecular weight excluding hydrogens is 853 g/mol. The van der Waals surface area contributed by atoms with Crippen LogP contribution in [0.2, 0.25) is 0 Å². The minimum absolute atomic E-state index is 0.0700. The fourth-order valence-corrected chi connectivity index (χ4v) is 9.25. The van der Waals surface area contributed by atoms with E-state index in [1.54, 1.807) is 0 Å². The van der Waals surface area contributed by atoms with Gasteiger partial charge in [0.1, 0.15) is 13.2 Å². The maximum atomic E-state index is 12.9. The van der Waals surface area contributed by atoms with E-state index in [0.29, 0.717) is 19.3 Å². The number of allylic oxidation sites excluding steroid dienone is 4. The van der Waals surface area contributed by atoms with E-state index in [2.05, 4.69) is 45.1 Å². The van der Waals surface area contributed by atoms with Gasteiger partial charge >= 0.3 is 17.9 Å². The average Bonchev–Trinajstić information content (AvgIpc) is 3.35. The molecule has 69 heavy (non-hydrogen) atoms. The van der Waals surface area contributed by atoms with E-state index in [4.69, 9.17) is 14.2 Å². The number of carbonyl (C=O) groups is 3. The first-order valence-corrected chi connectivity index (χ1v) is 30.8. The van der Waals surface area contributed by atoms with Gasteiger partial charge < -0.3 is 14.2 Å². The van der Waals surface area contributed by atoms with Crippen LogP contribution in [0.4, 0.5) is 0 Å². The number of rotatable bonds is 57. The van der Waals surface area contributed by atoms with Crippen LogP contribution in [0, 0.1) is 0 Å². The topological polar surface area (TPSA) is 78.9 Å². The fraction of sp³-hybridized carbons (Fsp3) is 0.889. The van der Waals surface area contributed by atoms with E-state index in [0.717, 1.165) is 64.2 Å². The predicted molar refractivity (Wildman–Crippen MR) is 298 cm³/mol. The summed E-state index contributed by atoms with van der Waals surface area (Å²) < 4.78 is 16.9. The minimum Gasteiger partial charge on any atom is -0.462 e. The summed E-state index contributed by atoms with van der Waals surface area (Å²) in [7, 11) is 0. The smallest absolute Gasteiger partial charge is 0.306 e. The molecule has 1 atom stereocenters. The molecule has 6 heteroatoms. The first-order valence-electron chi connectivity index (χ1n) is 30.8. The lowest BCUT2D eigenvalue weighted by atomic mass is 10.0. The molecule has 0 aliphatic rings. The summed E-state index contributed by atoms with van der Waals surface area (Å²) in [5, 5.41) is 0. The fourth-order valence-electron chi connectivity index (χ4n) is 9.25. The number of hydrogen-bond acceptors (Lipinski definition) is 6. The van der Waals surface area contributed by atoms with Gasteiger partial charge in [0.15, 0.2) is 6.10 Å². The molecule has 0 radical (unpaired) electrons. The normalized spacial score (nSPS) is 12.1. The summed E-state index contributed by atoms with van der Waals surface area (Å²) in [5.41, 5.74) is 0. The van der Waals surface area contributed by atoms with Gasteiger partial charge in [-0.25, -0.2) is 0 Å². The molecule has 0 aliphatic carbocycles. The maximum absolute atomic E-state index is 12.9. The number of hydrogen-bond donors (Lipinski definition) is 0. The molecule has 0 aromatic heterocycles. The van der Waals surface area contributed by atoms with Gasteiger partial charge in [0.05, 0.1) is 0 Å². The highest BCUT2D eigenvalue weighted by atomic mass is 16.6. The summed E-state index contributed by atoms with van der Waals surface area (Å²) in [6.45, 7) is 6.65. The lowest BCUT2D eigenvalue weighted by molar-refractivity contribution is -0.167. The Bertz CT molecular complexity index is 1110. The summed E-state index contributed by atoms with van der Waals surface area (Å²) in [5.74, 6) is -0.860. The summed E-state index contributed by atoms with van der Waals surface area (Å²) in [6, 6.07) is 0. The number of carbonyl (C=O) groups excluding carboxylic acids is 3. The van der Waals surface area contributed by atoms with Gasteiger partial charge in [-0.15, -0.1) is 0 Å². The third-order valence-corrected chi connectivity index (χ3v) is 13.9. The van der Waals surface area contributed by atoms with Crippen molar-refractivity contribution in [2.24, 2.45) is 0 Å². The second-order valence-corrected chi connectivity index (χ2v) is 21.0. The van der Waals surface area contributed by atoms with Gasteiger partial charge in [0, 0.05) is 19.3 Å². The second-order valence-electron chi connectivity index (χ2n) is 21.0. The van der Waals surface area contributed by atoms with Crippen LogP contribution in [0.3, 0.4) is 0 Å². The Balaban J connectivity index is 4.24. The van der Waals surface area contributed by atoms with Crippen molar-refractivity contribution in [2.45, 2.75) is 348 Å². The zero-order chi connectivity index (χ0) is 50.0. The Labute approximate surface area is 430 Å². The van der Waals surface area contributed by atoms with E-state index >= 15 is 0 Å². The molecule has 0 bridgehead atoms. The molecule has 0 aliphatic heterocycles. The van der Waals surface area contributed by atoms with Crippen molar-refractivity contribution < 1.29 is 28.6 Å². The molecule has 0 aromatic rings. The summed E-state index contributed by atoms with van der Waals surface area (Å²) >= 11 is 0. The van der Waals surface area contributed by atoms with Gasteiger partial charge in [-0.05, 0) is 64.2 Å². The zero-order valence-corrected chi connectivity index (χ0v) is 46.6. The van der Waals surface area contributed by atoms with Crippen molar-refractivity contribution in [1.29, 1.82) is 0 Å². The molecule has 406 valence electrons. The van der Waals surface area contributed by atoms with E-state index in [-0.39, 0.29) is 31.1 Å². The van der Waals surface area contributed by atoms with Gasteiger partial charge in [-0.1, -0.05) is 283 Å². The van der Waals surface area contributed by atoms with Crippen LogP contribution in [-0.4, -0.2) is 37.2 Å². The quantitative estimate of drug-likeness (QED) is 0.0261. The van der Waals surface area contributed by atoms with Crippen LogP contribution in [0.1, 0.15) is 342 Å². The first kappa shape index (κ1) is 66.9. The van der Waals surface area contributed by atoms with Gasteiger partial charge in [0.25, 0.3) is 0 Å². The van der Waals surface area contributed by atoms with Gasteiger partial charge in [-0.2, -0.15) is 0 Å². The Morgan fingerprint density at radius 1 is 0.275 bits per heavy atom. The van der Waals surface area contributed by atoms with Crippen LogP contribution in [0.5, 0.6) is 0 Å². The number of ether oxygens (including phenoxy) is 3. The molecule has 0 rings (SSSR count). The van der Waals surface area contributed by atoms with E-state index in [9.17, 15) is 14.4 Å². The lowest BCUT2D eigenvalue weighted by Gasteiger charge is -2.18. The van der Waals surface area contributed by atoms with Crippen LogP contribution >= 0.6 is 0 Å². The van der Waals surface area contributed by atoms with E-state index in [1.807, 2.05) is 0 Å². The Kier molecular flexibility index (Phi) is 56.7. The Hall–Kier alpha value is -2.11. The monoisotopic (exact) mass is 971 g/mol.